The highest BCUT2D eigenvalue weighted by Crippen LogP contribution is 2.21. The van der Waals surface area contributed by atoms with Gasteiger partial charge in [0.15, 0.2) is 5.82 Å². The number of nitrogens with zero attached hydrogens (tertiary/aromatic N) is 3. The number of aromatic nitrogens is 2. The smallest absolute Gasteiger partial charge is 0.243 e. The Bertz CT molecular complexity index is 381. The second kappa shape index (κ2) is 6.48. The van der Waals surface area contributed by atoms with Crippen LogP contribution in [0.15, 0.2) is 4.52 Å². The van der Waals surface area contributed by atoms with E-state index in [4.69, 9.17) is 4.52 Å². The molecule has 1 aromatic rings. The molecule has 0 bridgehead atoms. The minimum Gasteiger partial charge on any atom is -0.338 e. The molecule has 0 aliphatic carbocycles. The molecule has 1 N–H and O–H groups in total. The number of nitrogens with one attached hydrogen (secondary N) is 1. The molecule has 19 heavy (non-hydrogen) atoms. The highest BCUT2D eigenvalue weighted by atomic mass is 16.5. The van der Waals surface area contributed by atoms with Gasteiger partial charge >= 0.3 is 0 Å². The number of rotatable bonds is 4. The zero-order valence-electron chi connectivity index (χ0n) is 11.6. The zero-order chi connectivity index (χ0) is 12.9. The molecule has 0 aromatic carbocycles. The van der Waals surface area contributed by atoms with Crippen molar-refractivity contribution in [1.29, 1.82) is 0 Å². The van der Waals surface area contributed by atoms with Gasteiger partial charge in [-0.15, -0.1) is 0 Å². The van der Waals surface area contributed by atoms with E-state index in [1.165, 1.54) is 45.2 Å². The maximum absolute atomic E-state index is 5.40. The molecule has 2 saturated heterocycles. The van der Waals surface area contributed by atoms with Gasteiger partial charge in [-0.05, 0) is 45.3 Å². The Kier molecular flexibility index (Phi) is 4.45. The van der Waals surface area contributed by atoms with Crippen molar-refractivity contribution in [2.24, 2.45) is 0 Å². The van der Waals surface area contributed by atoms with Crippen LogP contribution in [0, 0.1) is 0 Å². The van der Waals surface area contributed by atoms with Crippen molar-refractivity contribution in [1.82, 2.24) is 20.4 Å². The zero-order valence-corrected chi connectivity index (χ0v) is 11.6. The van der Waals surface area contributed by atoms with Crippen LogP contribution in [0.2, 0.25) is 0 Å². The monoisotopic (exact) mass is 264 g/mol. The fourth-order valence-corrected chi connectivity index (χ4v) is 3.01. The molecule has 0 spiro atoms. The van der Waals surface area contributed by atoms with Crippen molar-refractivity contribution in [3.63, 3.8) is 0 Å². The second-order valence-corrected chi connectivity index (χ2v) is 5.70. The number of hydrogen-bond acceptors (Lipinski definition) is 5. The predicted molar refractivity (Wildman–Crippen MR) is 72.9 cm³/mol. The highest BCUT2D eigenvalue weighted by Gasteiger charge is 2.21. The Morgan fingerprint density at radius 1 is 1.16 bits per heavy atom. The van der Waals surface area contributed by atoms with Crippen LogP contribution in [-0.4, -0.2) is 41.2 Å². The maximum Gasteiger partial charge on any atom is 0.243 e. The average molecular weight is 264 g/mol. The SMILES string of the molecule is C1CCN(CCc2noc(C3CCCCN3)n2)CC1. The van der Waals surface area contributed by atoms with Crippen molar-refractivity contribution in [2.45, 2.75) is 51.0 Å². The van der Waals surface area contributed by atoms with Gasteiger partial charge < -0.3 is 14.7 Å². The van der Waals surface area contributed by atoms with Gasteiger partial charge in [0.2, 0.25) is 5.89 Å². The van der Waals surface area contributed by atoms with E-state index in [1.54, 1.807) is 0 Å². The number of piperidine rings is 2. The van der Waals surface area contributed by atoms with E-state index in [2.05, 4.69) is 20.4 Å². The van der Waals surface area contributed by atoms with Crippen LogP contribution in [0.4, 0.5) is 0 Å². The summed E-state index contributed by atoms with van der Waals surface area (Å²) in [7, 11) is 0. The molecule has 1 atom stereocenters. The molecule has 2 aliphatic rings. The third-order valence-corrected chi connectivity index (χ3v) is 4.19. The Labute approximate surface area is 114 Å². The van der Waals surface area contributed by atoms with Gasteiger partial charge in [0.25, 0.3) is 0 Å². The van der Waals surface area contributed by atoms with E-state index in [0.717, 1.165) is 37.6 Å². The summed E-state index contributed by atoms with van der Waals surface area (Å²) in [6.07, 6.45) is 8.60. The first kappa shape index (κ1) is 13.1. The molecule has 0 radical (unpaired) electrons. The standard InChI is InChI=1S/C14H24N4O/c1-4-9-18(10-5-1)11-7-13-16-14(19-17-13)12-6-2-3-8-15-12/h12,15H,1-11H2. The topological polar surface area (TPSA) is 54.2 Å². The molecule has 0 saturated carbocycles. The van der Waals surface area contributed by atoms with E-state index < -0.39 is 0 Å². The summed E-state index contributed by atoms with van der Waals surface area (Å²) in [4.78, 5) is 7.06. The van der Waals surface area contributed by atoms with Crippen LogP contribution in [0.3, 0.4) is 0 Å². The van der Waals surface area contributed by atoms with E-state index in [1.807, 2.05) is 0 Å². The molecular formula is C14H24N4O. The lowest BCUT2D eigenvalue weighted by molar-refractivity contribution is 0.229. The lowest BCUT2D eigenvalue weighted by Crippen LogP contribution is -2.31. The van der Waals surface area contributed by atoms with Crippen LogP contribution in [0.25, 0.3) is 0 Å². The molecule has 106 valence electrons. The minimum atomic E-state index is 0.282. The molecule has 5 nitrogen and oxygen atoms in total. The van der Waals surface area contributed by atoms with E-state index in [-0.39, 0.29) is 6.04 Å². The van der Waals surface area contributed by atoms with Crippen molar-refractivity contribution in [2.75, 3.05) is 26.2 Å². The molecule has 3 rings (SSSR count). The Morgan fingerprint density at radius 3 is 2.84 bits per heavy atom. The van der Waals surface area contributed by atoms with E-state index in [9.17, 15) is 0 Å². The number of hydrogen-bond donors (Lipinski definition) is 1. The maximum atomic E-state index is 5.40. The summed E-state index contributed by atoms with van der Waals surface area (Å²) < 4.78 is 5.40. The molecule has 0 amide bonds. The number of likely N-dealkylation sites (tertiary alicyclic amines) is 1. The quantitative estimate of drug-likeness (QED) is 0.900. The van der Waals surface area contributed by atoms with Crippen LogP contribution in [0.5, 0.6) is 0 Å². The molecule has 1 unspecified atom stereocenters. The van der Waals surface area contributed by atoms with Crippen LogP contribution < -0.4 is 5.32 Å². The summed E-state index contributed by atoms with van der Waals surface area (Å²) in [6, 6.07) is 0.282. The van der Waals surface area contributed by atoms with Gasteiger partial charge in [-0.2, -0.15) is 4.98 Å². The first-order valence-electron chi connectivity index (χ1n) is 7.70. The van der Waals surface area contributed by atoms with Crippen molar-refractivity contribution in [3.8, 4) is 0 Å². The first-order valence-corrected chi connectivity index (χ1v) is 7.70. The summed E-state index contributed by atoms with van der Waals surface area (Å²) in [6.45, 7) is 4.59. The fraction of sp³-hybridized carbons (Fsp3) is 0.857. The van der Waals surface area contributed by atoms with Gasteiger partial charge in [-0.25, -0.2) is 0 Å². The second-order valence-electron chi connectivity index (χ2n) is 5.70. The minimum absolute atomic E-state index is 0.282. The predicted octanol–water partition coefficient (Wildman–Crippen LogP) is 1.91. The third-order valence-electron chi connectivity index (χ3n) is 4.19. The third kappa shape index (κ3) is 3.54. The van der Waals surface area contributed by atoms with Crippen LogP contribution in [0.1, 0.15) is 56.3 Å². The fourth-order valence-electron chi connectivity index (χ4n) is 3.01. The van der Waals surface area contributed by atoms with Gasteiger partial charge in [0.05, 0.1) is 6.04 Å². The molecule has 3 heterocycles. The summed E-state index contributed by atoms with van der Waals surface area (Å²) in [5, 5.41) is 7.57. The van der Waals surface area contributed by atoms with Crippen LogP contribution >= 0.6 is 0 Å². The van der Waals surface area contributed by atoms with Crippen molar-refractivity contribution >= 4 is 0 Å². The van der Waals surface area contributed by atoms with E-state index >= 15 is 0 Å². The lowest BCUT2D eigenvalue weighted by Gasteiger charge is -2.25. The summed E-state index contributed by atoms with van der Waals surface area (Å²) >= 11 is 0. The highest BCUT2D eigenvalue weighted by molar-refractivity contribution is 4.95. The van der Waals surface area contributed by atoms with Gasteiger partial charge in [-0.3, -0.25) is 0 Å². The Hall–Kier alpha value is -0.940. The molecule has 2 aliphatic heterocycles. The van der Waals surface area contributed by atoms with Crippen molar-refractivity contribution in [3.05, 3.63) is 11.7 Å². The molecule has 2 fully saturated rings. The molecule has 5 heteroatoms. The van der Waals surface area contributed by atoms with Crippen molar-refractivity contribution < 1.29 is 4.52 Å². The van der Waals surface area contributed by atoms with E-state index in [0.29, 0.717) is 0 Å². The largest absolute Gasteiger partial charge is 0.338 e. The summed E-state index contributed by atoms with van der Waals surface area (Å²) in [5.41, 5.74) is 0. The molecular weight excluding hydrogens is 240 g/mol. The Morgan fingerprint density at radius 2 is 2.05 bits per heavy atom. The normalized spacial score (nSPS) is 25.6. The molecule has 1 aromatic heterocycles. The average Bonchev–Trinajstić information content (AvgIpc) is 2.96. The first-order chi connectivity index (χ1) is 9.42. The van der Waals surface area contributed by atoms with Gasteiger partial charge in [0.1, 0.15) is 0 Å². The Balaban J connectivity index is 1.49. The lowest BCUT2D eigenvalue weighted by atomic mass is 10.1. The summed E-state index contributed by atoms with van der Waals surface area (Å²) in [5.74, 6) is 1.65. The van der Waals surface area contributed by atoms with Gasteiger partial charge in [0, 0.05) is 13.0 Å². The van der Waals surface area contributed by atoms with Gasteiger partial charge in [-0.1, -0.05) is 18.0 Å². The van der Waals surface area contributed by atoms with Crippen LogP contribution in [-0.2, 0) is 6.42 Å².